The number of nitrogens with zero attached hydrogens (tertiary/aromatic N) is 1. The molecular weight excluding hydrogens is 302 g/mol. The Morgan fingerprint density at radius 3 is 2.47 bits per heavy atom. The van der Waals surface area contributed by atoms with E-state index in [-0.39, 0.29) is 0 Å². The Labute approximate surface area is 125 Å². The zero-order valence-corrected chi connectivity index (χ0v) is 13.1. The van der Waals surface area contributed by atoms with Crippen LogP contribution in [0.4, 0.5) is 0 Å². The van der Waals surface area contributed by atoms with E-state index < -0.39 is 0 Å². The largest absolute Gasteiger partial charge is 0.494 e. The number of alkyl halides is 1. The van der Waals surface area contributed by atoms with Crippen molar-refractivity contribution in [1.29, 1.82) is 0 Å². The first-order chi connectivity index (χ1) is 9.40. The average molecular weight is 326 g/mol. The summed E-state index contributed by atoms with van der Waals surface area (Å²) in [5.41, 5.74) is 0. The lowest BCUT2D eigenvalue weighted by Crippen LogP contribution is -2.41. The minimum absolute atomic E-state index is 0.821. The molecule has 1 aromatic carbocycles. The fourth-order valence-electron chi connectivity index (χ4n) is 2.47. The van der Waals surface area contributed by atoms with Crippen LogP contribution in [0, 0.1) is 0 Å². The maximum Gasteiger partial charge on any atom is 0.119 e. The third-order valence-electron chi connectivity index (χ3n) is 3.77. The van der Waals surface area contributed by atoms with Gasteiger partial charge in [-0.05, 0) is 44.4 Å². The van der Waals surface area contributed by atoms with Gasteiger partial charge in [-0.1, -0.05) is 40.5 Å². The van der Waals surface area contributed by atoms with Crippen LogP contribution in [0.2, 0.25) is 0 Å². The van der Waals surface area contributed by atoms with E-state index in [2.05, 4.69) is 20.8 Å². The van der Waals surface area contributed by atoms with Crippen LogP contribution >= 0.6 is 15.9 Å². The first-order valence-electron chi connectivity index (χ1n) is 7.38. The molecule has 1 aliphatic carbocycles. The molecule has 106 valence electrons. The van der Waals surface area contributed by atoms with Crippen LogP contribution in [-0.4, -0.2) is 36.0 Å². The summed E-state index contributed by atoms with van der Waals surface area (Å²) in [5.74, 6) is 0.984. The topological polar surface area (TPSA) is 12.5 Å². The molecule has 1 aliphatic rings. The van der Waals surface area contributed by atoms with E-state index in [9.17, 15) is 0 Å². The van der Waals surface area contributed by atoms with Crippen molar-refractivity contribution in [3.8, 4) is 5.75 Å². The minimum Gasteiger partial charge on any atom is -0.494 e. The van der Waals surface area contributed by atoms with E-state index in [1.54, 1.807) is 0 Å². The number of hydrogen-bond donors (Lipinski definition) is 0. The molecule has 0 saturated heterocycles. The molecular formula is C16H24BrNO. The predicted octanol–water partition coefficient (Wildman–Crippen LogP) is 4.10. The summed E-state index contributed by atoms with van der Waals surface area (Å²) in [6.07, 6.45) is 6.56. The lowest BCUT2D eigenvalue weighted by molar-refractivity contribution is 0.119. The standard InChI is InChI=1S/C16H24BrNO/c17-11-5-12-18(15-7-4-8-15)13-6-14-19-16-9-2-1-3-10-16/h1-3,9-10,15H,4-8,11-14H2. The van der Waals surface area contributed by atoms with E-state index in [1.165, 1.54) is 38.8 Å². The molecule has 0 aromatic heterocycles. The normalized spacial score (nSPS) is 15.5. The summed E-state index contributed by atoms with van der Waals surface area (Å²) < 4.78 is 5.76. The molecule has 19 heavy (non-hydrogen) atoms. The second kappa shape index (κ2) is 8.60. The van der Waals surface area contributed by atoms with Crippen molar-refractivity contribution in [2.75, 3.05) is 25.0 Å². The highest BCUT2D eigenvalue weighted by molar-refractivity contribution is 9.09. The molecule has 1 aromatic rings. The molecule has 0 bridgehead atoms. The molecule has 2 nitrogen and oxygen atoms in total. The first kappa shape index (κ1) is 14.9. The fraction of sp³-hybridized carbons (Fsp3) is 0.625. The van der Waals surface area contributed by atoms with Gasteiger partial charge in [0.1, 0.15) is 5.75 Å². The summed E-state index contributed by atoms with van der Waals surface area (Å²) in [5, 5.41) is 1.11. The Hall–Kier alpha value is -0.540. The van der Waals surface area contributed by atoms with Crippen LogP contribution in [-0.2, 0) is 0 Å². The number of halogens is 1. The molecule has 0 unspecified atom stereocenters. The molecule has 0 aliphatic heterocycles. The van der Waals surface area contributed by atoms with Crippen molar-refractivity contribution in [2.45, 2.75) is 38.1 Å². The molecule has 0 N–H and O–H groups in total. The van der Waals surface area contributed by atoms with E-state index >= 15 is 0 Å². The highest BCUT2D eigenvalue weighted by Gasteiger charge is 2.23. The van der Waals surface area contributed by atoms with Gasteiger partial charge in [0.2, 0.25) is 0 Å². The van der Waals surface area contributed by atoms with Gasteiger partial charge in [-0.2, -0.15) is 0 Å². The number of benzene rings is 1. The Bertz CT molecular complexity index is 340. The van der Waals surface area contributed by atoms with E-state index in [4.69, 9.17) is 4.74 Å². The van der Waals surface area contributed by atoms with Gasteiger partial charge in [0.05, 0.1) is 6.61 Å². The van der Waals surface area contributed by atoms with E-state index in [0.29, 0.717) is 0 Å². The smallest absolute Gasteiger partial charge is 0.119 e. The number of hydrogen-bond acceptors (Lipinski definition) is 2. The summed E-state index contributed by atoms with van der Waals surface area (Å²) in [6.45, 7) is 3.22. The Kier molecular flexibility index (Phi) is 6.72. The van der Waals surface area contributed by atoms with Crippen LogP contribution in [0.5, 0.6) is 5.75 Å². The van der Waals surface area contributed by atoms with Gasteiger partial charge in [0, 0.05) is 17.9 Å². The third-order valence-corrected chi connectivity index (χ3v) is 4.33. The van der Waals surface area contributed by atoms with E-state index in [0.717, 1.165) is 30.1 Å². The van der Waals surface area contributed by atoms with Gasteiger partial charge in [-0.25, -0.2) is 0 Å². The van der Waals surface area contributed by atoms with Crippen molar-refractivity contribution < 1.29 is 4.74 Å². The van der Waals surface area contributed by atoms with Gasteiger partial charge in [-0.15, -0.1) is 0 Å². The maximum absolute atomic E-state index is 5.76. The lowest BCUT2D eigenvalue weighted by atomic mass is 9.91. The predicted molar refractivity (Wildman–Crippen MR) is 84.2 cm³/mol. The lowest BCUT2D eigenvalue weighted by Gasteiger charge is -2.37. The summed E-state index contributed by atoms with van der Waals surface area (Å²) in [7, 11) is 0. The van der Waals surface area contributed by atoms with Gasteiger partial charge >= 0.3 is 0 Å². The Balaban J connectivity index is 1.64. The second-order valence-electron chi connectivity index (χ2n) is 5.18. The van der Waals surface area contributed by atoms with Gasteiger partial charge in [0.15, 0.2) is 0 Å². The summed E-state index contributed by atoms with van der Waals surface area (Å²) >= 11 is 3.53. The molecule has 0 radical (unpaired) electrons. The molecule has 0 atom stereocenters. The van der Waals surface area contributed by atoms with Crippen molar-refractivity contribution in [1.82, 2.24) is 4.90 Å². The molecule has 1 saturated carbocycles. The van der Waals surface area contributed by atoms with Crippen LogP contribution in [0.15, 0.2) is 30.3 Å². The molecule has 1 fully saturated rings. The Morgan fingerprint density at radius 1 is 1.11 bits per heavy atom. The highest BCUT2D eigenvalue weighted by Crippen LogP contribution is 2.25. The summed E-state index contributed by atoms with van der Waals surface area (Å²) in [6, 6.07) is 10.9. The number of para-hydroxylation sites is 1. The molecule has 0 amide bonds. The minimum atomic E-state index is 0.821. The highest BCUT2D eigenvalue weighted by atomic mass is 79.9. The monoisotopic (exact) mass is 325 g/mol. The number of rotatable bonds is 9. The summed E-state index contributed by atoms with van der Waals surface area (Å²) in [4.78, 5) is 2.65. The van der Waals surface area contributed by atoms with Gasteiger partial charge in [0.25, 0.3) is 0 Å². The van der Waals surface area contributed by atoms with Crippen molar-refractivity contribution in [2.24, 2.45) is 0 Å². The van der Waals surface area contributed by atoms with Crippen LogP contribution in [0.1, 0.15) is 32.1 Å². The fourth-order valence-corrected chi connectivity index (χ4v) is 2.72. The average Bonchev–Trinajstić information content (AvgIpc) is 2.39. The molecule has 2 rings (SSSR count). The van der Waals surface area contributed by atoms with Gasteiger partial charge < -0.3 is 9.64 Å². The third kappa shape index (κ3) is 5.15. The van der Waals surface area contributed by atoms with Crippen molar-refractivity contribution >= 4 is 15.9 Å². The van der Waals surface area contributed by atoms with Crippen molar-refractivity contribution in [3.63, 3.8) is 0 Å². The molecule has 0 heterocycles. The molecule has 3 heteroatoms. The van der Waals surface area contributed by atoms with Crippen molar-refractivity contribution in [3.05, 3.63) is 30.3 Å². The van der Waals surface area contributed by atoms with Crippen LogP contribution < -0.4 is 4.74 Å². The van der Waals surface area contributed by atoms with Gasteiger partial charge in [-0.3, -0.25) is 0 Å². The zero-order valence-electron chi connectivity index (χ0n) is 11.6. The maximum atomic E-state index is 5.76. The van der Waals surface area contributed by atoms with Crippen LogP contribution in [0.3, 0.4) is 0 Å². The van der Waals surface area contributed by atoms with E-state index in [1.807, 2.05) is 30.3 Å². The first-order valence-corrected chi connectivity index (χ1v) is 8.50. The molecule has 0 spiro atoms. The Morgan fingerprint density at radius 2 is 1.84 bits per heavy atom. The SMILES string of the molecule is BrCCCN(CCCOc1ccccc1)C1CCC1. The quantitative estimate of drug-likeness (QED) is 0.500. The zero-order chi connectivity index (χ0) is 13.3. The second-order valence-corrected chi connectivity index (χ2v) is 5.97. The number of ether oxygens (including phenoxy) is 1. The van der Waals surface area contributed by atoms with Crippen LogP contribution in [0.25, 0.3) is 0 Å².